The zero-order valence-corrected chi connectivity index (χ0v) is 18.4. The summed E-state index contributed by atoms with van der Waals surface area (Å²) in [5, 5.41) is 14.1. The molecule has 10 nitrogen and oxygen atoms in total. The van der Waals surface area contributed by atoms with Gasteiger partial charge in [0, 0.05) is 35.8 Å². The average Bonchev–Trinajstić information content (AvgIpc) is 3.51. The number of fused-ring (bicyclic) bond motifs is 1. The first-order valence-electron chi connectivity index (χ1n) is 10.5. The van der Waals surface area contributed by atoms with Crippen LogP contribution < -0.4 is 10.6 Å². The molecular formula is C24H20N8O2. The van der Waals surface area contributed by atoms with E-state index in [0.717, 1.165) is 11.3 Å². The lowest BCUT2D eigenvalue weighted by Crippen LogP contribution is -2.18. The van der Waals surface area contributed by atoms with Crippen LogP contribution in [0.15, 0.2) is 73.2 Å². The molecule has 0 spiro atoms. The first-order valence-corrected chi connectivity index (χ1v) is 10.5. The molecule has 0 aliphatic heterocycles. The summed E-state index contributed by atoms with van der Waals surface area (Å²) >= 11 is 0. The van der Waals surface area contributed by atoms with Crippen LogP contribution in [0.1, 0.15) is 26.5 Å². The average molecular weight is 452 g/mol. The van der Waals surface area contributed by atoms with E-state index >= 15 is 0 Å². The van der Waals surface area contributed by atoms with Gasteiger partial charge in [0.2, 0.25) is 0 Å². The van der Waals surface area contributed by atoms with Crippen molar-refractivity contribution in [3.63, 3.8) is 0 Å². The van der Waals surface area contributed by atoms with E-state index in [1.165, 1.54) is 6.33 Å². The molecule has 0 radical (unpaired) electrons. The number of nitrogens with one attached hydrogen (secondary N) is 2. The second kappa shape index (κ2) is 8.58. The van der Waals surface area contributed by atoms with E-state index in [-0.39, 0.29) is 17.5 Å². The fourth-order valence-corrected chi connectivity index (χ4v) is 3.53. The topological polar surface area (TPSA) is 119 Å². The number of hydrogen-bond acceptors (Lipinski definition) is 6. The van der Waals surface area contributed by atoms with E-state index in [0.29, 0.717) is 28.4 Å². The number of rotatable bonds is 5. The first-order chi connectivity index (χ1) is 16.5. The lowest BCUT2D eigenvalue weighted by atomic mass is 10.2. The van der Waals surface area contributed by atoms with E-state index in [1.807, 2.05) is 43.5 Å². The van der Waals surface area contributed by atoms with Crippen LogP contribution >= 0.6 is 0 Å². The fraction of sp³-hybridized carbons (Fsp3) is 0.0833. The monoisotopic (exact) mass is 452 g/mol. The summed E-state index contributed by atoms with van der Waals surface area (Å²) < 4.78 is 3.29. The van der Waals surface area contributed by atoms with Crippen LogP contribution in [0.4, 0.5) is 5.69 Å². The van der Waals surface area contributed by atoms with Gasteiger partial charge in [-0.05, 0) is 61.5 Å². The number of nitrogens with zero attached hydrogens (tertiary/aromatic N) is 6. The number of hydrogen-bond donors (Lipinski definition) is 2. The summed E-state index contributed by atoms with van der Waals surface area (Å²) in [5.41, 5.74) is 4.27. The van der Waals surface area contributed by atoms with Crippen molar-refractivity contribution in [2.45, 2.75) is 6.92 Å². The van der Waals surface area contributed by atoms with Gasteiger partial charge in [0.05, 0.1) is 5.69 Å². The number of anilines is 1. The third-order valence-electron chi connectivity index (χ3n) is 5.23. The summed E-state index contributed by atoms with van der Waals surface area (Å²) in [6.45, 7) is 1.89. The summed E-state index contributed by atoms with van der Waals surface area (Å²) in [4.78, 5) is 33.5. The molecule has 4 aromatic heterocycles. The number of amides is 2. The van der Waals surface area contributed by atoms with Crippen molar-refractivity contribution in [1.29, 1.82) is 0 Å². The van der Waals surface area contributed by atoms with Crippen LogP contribution in [0.3, 0.4) is 0 Å². The van der Waals surface area contributed by atoms with Crippen LogP contribution in [-0.2, 0) is 0 Å². The molecule has 0 atom stereocenters. The number of carbonyl (C=O) groups is 2. The minimum atomic E-state index is -0.387. The Morgan fingerprint density at radius 2 is 1.79 bits per heavy atom. The molecule has 34 heavy (non-hydrogen) atoms. The molecule has 0 saturated heterocycles. The highest BCUT2D eigenvalue weighted by molar-refractivity contribution is 6.04. The maximum atomic E-state index is 13.0. The van der Waals surface area contributed by atoms with Crippen LogP contribution in [0, 0.1) is 6.92 Å². The van der Waals surface area contributed by atoms with Gasteiger partial charge in [0.25, 0.3) is 11.8 Å². The molecule has 1 aromatic carbocycles. The number of pyridine rings is 2. The van der Waals surface area contributed by atoms with Crippen molar-refractivity contribution in [3.05, 3.63) is 90.1 Å². The number of benzene rings is 1. The predicted molar refractivity (Wildman–Crippen MR) is 126 cm³/mol. The fourth-order valence-electron chi connectivity index (χ4n) is 3.53. The second-order valence-corrected chi connectivity index (χ2v) is 7.55. The van der Waals surface area contributed by atoms with Crippen molar-refractivity contribution < 1.29 is 9.59 Å². The van der Waals surface area contributed by atoms with E-state index in [9.17, 15) is 9.59 Å². The molecule has 2 amide bonds. The van der Waals surface area contributed by atoms with Crippen molar-refractivity contribution in [2.75, 3.05) is 12.4 Å². The molecule has 2 N–H and O–H groups in total. The largest absolute Gasteiger partial charge is 0.355 e. The van der Waals surface area contributed by atoms with Crippen LogP contribution in [0.2, 0.25) is 0 Å². The molecule has 0 fully saturated rings. The van der Waals surface area contributed by atoms with Crippen molar-refractivity contribution >= 4 is 23.1 Å². The molecule has 0 aliphatic rings. The van der Waals surface area contributed by atoms with E-state index in [1.54, 1.807) is 46.6 Å². The SMILES string of the molecule is CNC(=O)c1ccc(NC(=O)c2cc(-c3ccc4ncnn4c3)n(-c3cccc(C)n3)n2)cc1. The highest BCUT2D eigenvalue weighted by Gasteiger charge is 2.18. The molecule has 0 aliphatic carbocycles. The van der Waals surface area contributed by atoms with Gasteiger partial charge in [-0.25, -0.2) is 19.2 Å². The predicted octanol–water partition coefficient (Wildman–Crippen LogP) is 2.90. The summed E-state index contributed by atoms with van der Waals surface area (Å²) in [6, 6.07) is 17.7. The van der Waals surface area contributed by atoms with Crippen LogP contribution in [0.5, 0.6) is 0 Å². The molecule has 0 saturated carbocycles. The molecular weight excluding hydrogens is 432 g/mol. The third-order valence-corrected chi connectivity index (χ3v) is 5.23. The number of aryl methyl sites for hydroxylation is 1. The Hall–Kier alpha value is -4.86. The van der Waals surface area contributed by atoms with Gasteiger partial charge >= 0.3 is 0 Å². The lowest BCUT2D eigenvalue weighted by Gasteiger charge is -2.07. The number of carbonyl (C=O) groups excluding carboxylic acids is 2. The molecule has 5 rings (SSSR count). The van der Waals surface area contributed by atoms with Gasteiger partial charge in [-0.1, -0.05) is 6.07 Å². The summed E-state index contributed by atoms with van der Waals surface area (Å²) in [6.07, 6.45) is 3.30. The van der Waals surface area contributed by atoms with Gasteiger partial charge in [0.15, 0.2) is 17.2 Å². The molecule has 0 unspecified atom stereocenters. The van der Waals surface area contributed by atoms with Crippen LogP contribution in [0.25, 0.3) is 22.7 Å². The minimum absolute atomic E-state index is 0.198. The van der Waals surface area contributed by atoms with E-state index < -0.39 is 0 Å². The number of aromatic nitrogens is 6. The molecule has 168 valence electrons. The Morgan fingerprint density at radius 1 is 0.971 bits per heavy atom. The van der Waals surface area contributed by atoms with E-state index in [2.05, 4.69) is 30.8 Å². The Kier molecular flexibility index (Phi) is 5.30. The van der Waals surface area contributed by atoms with Gasteiger partial charge in [-0.15, -0.1) is 0 Å². The Morgan fingerprint density at radius 3 is 2.56 bits per heavy atom. The molecule has 4 heterocycles. The highest BCUT2D eigenvalue weighted by Crippen LogP contribution is 2.24. The van der Waals surface area contributed by atoms with Gasteiger partial charge < -0.3 is 10.6 Å². The Balaban J connectivity index is 1.52. The summed E-state index contributed by atoms with van der Waals surface area (Å²) in [7, 11) is 1.57. The van der Waals surface area contributed by atoms with Gasteiger partial charge in [0.1, 0.15) is 6.33 Å². The Labute approximate surface area is 194 Å². The van der Waals surface area contributed by atoms with Gasteiger partial charge in [-0.3, -0.25) is 9.59 Å². The minimum Gasteiger partial charge on any atom is -0.355 e. The van der Waals surface area contributed by atoms with Crippen molar-refractivity contribution in [2.24, 2.45) is 0 Å². The maximum Gasteiger partial charge on any atom is 0.276 e. The maximum absolute atomic E-state index is 13.0. The standard InChI is InChI=1S/C24H20N8O2/c1-15-4-3-5-22(28-15)32-20(17-8-11-21-26-14-27-31(21)13-17)12-19(30-32)24(34)29-18-9-6-16(7-10-18)23(33)25-2/h3-14H,1-2H3,(H,25,33)(H,29,34). The molecule has 5 aromatic rings. The first kappa shape index (κ1) is 21.0. The van der Waals surface area contributed by atoms with Gasteiger partial charge in [-0.2, -0.15) is 10.2 Å². The third kappa shape index (κ3) is 3.99. The smallest absolute Gasteiger partial charge is 0.276 e. The van der Waals surface area contributed by atoms with E-state index in [4.69, 9.17) is 0 Å². The quantitative estimate of drug-likeness (QED) is 0.423. The normalized spacial score (nSPS) is 10.9. The molecule has 0 bridgehead atoms. The zero-order chi connectivity index (χ0) is 23.7. The van der Waals surface area contributed by atoms with Crippen LogP contribution in [-0.4, -0.2) is 48.2 Å². The zero-order valence-electron chi connectivity index (χ0n) is 18.4. The summed E-state index contributed by atoms with van der Waals surface area (Å²) in [5.74, 6) is 0.00103. The molecule has 10 heteroatoms. The lowest BCUT2D eigenvalue weighted by molar-refractivity contribution is 0.0962. The van der Waals surface area contributed by atoms with Crippen molar-refractivity contribution in [3.8, 4) is 17.1 Å². The second-order valence-electron chi connectivity index (χ2n) is 7.55. The van der Waals surface area contributed by atoms with Crippen molar-refractivity contribution in [1.82, 2.24) is 34.7 Å². The Bertz CT molecular complexity index is 1520. The highest BCUT2D eigenvalue weighted by atomic mass is 16.2.